The maximum atomic E-state index is 6.04. The summed E-state index contributed by atoms with van der Waals surface area (Å²) in [6.07, 6.45) is 0. The van der Waals surface area contributed by atoms with Crippen LogP contribution < -0.4 is 4.74 Å². The van der Waals surface area contributed by atoms with Crippen LogP contribution in [0.4, 0.5) is 0 Å². The van der Waals surface area contributed by atoms with Crippen molar-refractivity contribution in [2.24, 2.45) is 0 Å². The smallest absolute Gasteiger partial charge is 0.254 e. The van der Waals surface area contributed by atoms with E-state index in [2.05, 4.69) is 10.2 Å². The van der Waals surface area contributed by atoms with E-state index in [1.165, 1.54) is 0 Å². The molecule has 1 heterocycles. The van der Waals surface area contributed by atoms with Crippen LogP contribution in [0.3, 0.4) is 0 Å². The van der Waals surface area contributed by atoms with Crippen molar-refractivity contribution in [1.29, 1.82) is 0 Å². The van der Waals surface area contributed by atoms with Gasteiger partial charge in [0.2, 0.25) is 5.89 Å². The van der Waals surface area contributed by atoms with Gasteiger partial charge < -0.3 is 9.15 Å². The van der Waals surface area contributed by atoms with E-state index >= 15 is 0 Å². The molecule has 0 spiro atoms. The van der Waals surface area contributed by atoms with Crippen LogP contribution >= 0.6 is 23.2 Å². The standard InChI is InChI=1S/C15H10Cl2N2O2/c16-11-7-4-8-12(14(11)17)20-9-13-18-19-15(21-13)10-5-2-1-3-6-10/h1-8H,9H2. The minimum atomic E-state index is 0.125. The second-order valence-electron chi connectivity index (χ2n) is 4.21. The third kappa shape index (κ3) is 3.17. The minimum absolute atomic E-state index is 0.125. The van der Waals surface area contributed by atoms with Gasteiger partial charge in [0, 0.05) is 5.56 Å². The topological polar surface area (TPSA) is 48.2 Å². The molecule has 0 aliphatic rings. The molecule has 0 aliphatic heterocycles. The first-order valence-corrected chi connectivity index (χ1v) is 6.94. The van der Waals surface area contributed by atoms with Crippen LogP contribution in [0.1, 0.15) is 5.89 Å². The highest BCUT2D eigenvalue weighted by atomic mass is 35.5. The lowest BCUT2D eigenvalue weighted by Crippen LogP contribution is -1.96. The number of benzene rings is 2. The number of rotatable bonds is 4. The largest absolute Gasteiger partial charge is 0.482 e. The summed E-state index contributed by atoms with van der Waals surface area (Å²) in [4.78, 5) is 0. The molecule has 0 saturated heterocycles. The summed E-state index contributed by atoms with van der Waals surface area (Å²) in [5.41, 5.74) is 0.858. The Morgan fingerprint density at radius 2 is 1.76 bits per heavy atom. The molecule has 6 heteroatoms. The fraction of sp³-hybridized carbons (Fsp3) is 0.0667. The van der Waals surface area contributed by atoms with Gasteiger partial charge in [-0.2, -0.15) is 0 Å². The van der Waals surface area contributed by atoms with E-state index in [9.17, 15) is 0 Å². The minimum Gasteiger partial charge on any atom is -0.482 e. The summed E-state index contributed by atoms with van der Waals surface area (Å²) in [6.45, 7) is 0.125. The van der Waals surface area contributed by atoms with Crippen LogP contribution in [0, 0.1) is 0 Å². The molecule has 106 valence electrons. The molecular weight excluding hydrogens is 311 g/mol. The summed E-state index contributed by atoms with van der Waals surface area (Å²) in [5, 5.41) is 8.72. The number of ether oxygens (including phenoxy) is 1. The third-order valence-corrected chi connectivity index (χ3v) is 3.56. The molecule has 0 unspecified atom stereocenters. The van der Waals surface area contributed by atoms with Gasteiger partial charge in [0.25, 0.3) is 5.89 Å². The average Bonchev–Trinajstić information content (AvgIpc) is 2.99. The molecule has 0 bridgehead atoms. The molecule has 0 atom stereocenters. The molecule has 1 aromatic heterocycles. The lowest BCUT2D eigenvalue weighted by Gasteiger charge is -2.06. The van der Waals surface area contributed by atoms with Crippen LogP contribution in [-0.2, 0) is 6.61 Å². The Bertz CT molecular complexity index is 744. The zero-order valence-corrected chi connectivity index (χ0v) is 12.3. The summed E-state index contributed by atoms with van der Waals surface area (Å²) < 4.78 is 11.1. The number of hydrogen-bond donors (Lipinski definition) is 0. The second-order valence-corrected chi connectivity index (χ2v) is 4.99. The first kappa shape index (κ1) is 13.9. The molecule has 0 saturated carbocycles. The Hall–Kier alpha value is -2.04. The van der Waals surface area contributed by atoms with Crippen LogP contribution in [0.2, 0.25) is 10.0 Å². The van der Waals surface area contributed by atoms with Gasteiger partial charge in [-0.3, -0.25) is 0 Å². The van der Waals surface area contributed by atoms with Gasteiger partial charge in [-0.05, 0) is 24.3 Å². The van der Waals surface area contributed by atoms with Gasteiger partial charge in [-0.1, -0.05) is 47.5 Å². The normalized spacial score (nSPS) is 10.6. The molecule has 0 fully saturated rings. The van der Waals surface area contributed by atoms with Crippen molar-refractivity contribution in [3.05, 3.63) is 64.5 Å². The van der Waals surface area contributed by atoms with E-state index in [1.807, 2.05) is 30.3 Å². The summed E-state index contributed by atoms with van der Waals surface area (Å²) in [7, 11) is 0. The Labute approximate surface area is 131 Å². The lowest BCUT2D eigenvalue weighted by atomic mass is 10.2. The Morgan fingerprint density at radius 3 is 2.57 bits per heavy atom. The molecule has 0 aliphatic carbocycles. The Kier molecular flexibility index (Phi) is 4.08. The predicted octanol–water partition coefficient (Wildman–Crippen LogP) is 4.62. The van der Waals surface area contributed by atoms with Gasteiger partial charge in [0.05, 0.1) is 5.02 Å². The third-order valence-electron chi connectivity index (χ3n) is 2.75. The van der Waals surface area contributed by atoms with E-state index in [0.29, 0.717) is 27.6 Å². The SMILES string of the molecule is Clc1cccc(OCc2nnc(-c3ccccc3)o2)c1Cl. The number of nitrogens with zero attached hydrogens (tertiary/aromatic N) is 2. The molecule has 0 amide bonds. The second kappa shape index (κ2) is 6.16. The van der Waals surface area contributed by atoms with E-state index in [0.717, 1.165) is 5.56 Å². The van der Waals surface area contributed by atoms with E-state index < -0.39 is 0 Å². The summed E-state index contributed by atoms with van der Waals surface area (Å²) >= 11 is 12.0. The molecule has 0 radical (unpaired) electrons. The predicted molar refractivity (Wildman–Crippen MR) is 80.5 cm³/mol. The fourth-order valence-corrected chi connectivity index (χ4v) is 2.09. The molecular formula is C15H10Cl2N2O2. The summed E-state index contributed by atoms with van der Waals surface area (Å²) in [5.74, 6) is 1.29. The first-order chi connectivity index (χ1) is 10.2. The molecule has 3 rings (SSSR count). The lowest BCUT2D eigenvalue weighted by molar-refractivity contribution is 0.264. The molecule has 2 aromatic carbocycles. The molecule has 21 heavy (non-hydrogen) atoms. The highest BCUT2D eigenvalue weighted by molar-refractivity contribution is 6.42. The van der Waals surface area contributed by atoms with E-state index in [4.69, 9.17) is 32.4 Å². The van der Waals surface area contributed by atoms with Gasteiger partial charge in [0.1, 0.15) is 10.8 Å². The maximum Gasteiger partial charge on any atom is 0.254 e. The fourth-order valence-electron chi connectivity index (χ4n) is 1.74. The van der Waals surface area contributed by atoms with Crippen LogP contribution in [-0.4, -0.2) is 10.2 Å². The van der Waals surface area contributed by atoms with Crippen molar-refractivity contribution < 1.29 is 9.15 Å². The number of hydrogen-bond acceptors (Lipinski definition) is 4. The number of aromatic nitrogens is 2. The average molecular weight is 321 g/mol. The van der Waals surface area contributed by atoms with Gasteiger partial charge in [-0.25, -0.2) is 0 Å². The zero-order valence-electron chi connectivity index (χ0n) is 10.8. The van der Waals surface area contributed by atoms with Crippen LogP contribution in [0.5, 0.6) is 5.75 Å². The van der Waals surface area contributed by atoms with E-state index in [1.54, 1.807) is 18.2 Å². The number of halogens is 2. The van der Waals surface area contributed by atoms with Crippen molar-refractivity contribution in [2.75, 3.05) is 0 Å². The Balaban J connectivity index is 1.72. The van der Waals surface area contributed by atoms with Crippen molar-refractivity contribution in [2.45, 2.75) is 6.61 Å². The maximum absolute atomic E-state index is 6.04. The highest BCUT2D eigenvalue weighted by Crippen LogP contribution is 2.32. The molecule has 4 nitrogen and oxygen atoms in total. The Morgan fingerprint density at radius 1 is 0.952 bits per heavy atom. The van der Waals surface area contributed by atoms with Crippen LogP contribution in [0.25, 0.3) is 11.5 Å². The van der Waals surface area contributed by atoms with Gasteiger partial charge in [-0.15, -0.1) is 10.2 Å². The van der Waals surface area contributed by atoms with Crippen molar-refractivity contribution >= 4 is 23.2 Å². The van der Waals surface area contributed by atoms with Crippen molar-refractivity contribution in [3.8, 4) is 17.2 Å². The van der Waals surface area contributed by atoms with Crippen molar-refractivity contribution in [1.82, 2.24) is 10.2 Å². The van der Waals surface area contributed by atoms with E-state index in [-0.39, 0.29) is 6.61 Å². The quantitative estimate of drug-likeness (QED) is 0.703. The highest BCUT2D eigenvalue weighted by Gasteiger charge is 2.10. The van der Waals surface area contributed by atoms with Crippen molar-refractivity contribution in [3.63, 3.8) is 0 Å². The van der Waals surface area contributed by atoms with Crippen LogP contribution in [0.15, 0.2) is 52.9 Å². The zero-order chi connectivity index (χ0) is 14.7. The van der Waals surface area contributed by atoms with Gasteiger partial charge >= 0.3 is 0 Å². The summed E-state index contributed by atoms with van der Waals surface area (Å²) in [6, 6.07) is 14.7. The molecule has 0 N–H and O–H groups in total. The van der Waals surface area contributed by atoms with Gasteiger partial charge in [0.15, 0.2) is 6.61 Å². The first-order valence-electron chi connectivity index (χ1n) is 6.18. The molecule has 3 aromatic rings. The monoisotopic (exact) mass is 320 g/mol.